The number of rotatable bonds is 8. The Labute approximate surface area is 124 Å². The SMILES string of the molecule is CCCNC(C)CC(C)Cc1ccn(C2CCCC2)n1. The Kier molecular flexibility index (Phi) is 6.08. The molecule has 1 aliphatic rings. The summed E-state index contributed by atoms with van der Waals surface area (Å²) in [6.07, 6.45) is 11.1. The Morgan fingerprint density at radius 2 is 2.10 bits per heavy atom. The van der Waals surface area contributed by atoms with Gasteiger partial charge in [-0.15, -0.1) is 0 Å². The zero-order chi connectivity index (χ0) is 14.4. The average Bonchev–Trinajstić information content (AvgIpc) is 3.06. The third-order valence-corrected chi connectivity index (χ3v) is 4.42. The van der Waals surface area contributed by atoms with Crippen LogP contribution in [0.15, 0.2) is 12.3 Å². The molecule has 1 N–H and O–H groups in total. The number of hydrogen-bond acceptors (Lipinski definition) is 2. The molecular formula is C17H31N3. The smallest absolute Gasteiger partial charge is 0.0627 e. The van der Waals surface area contributed by atoms with Gasteiger partial charge in [0.15, 0.2) is 0 Å². The van der Waals surface area contributed by atoms with Gasteiger partial charge in [-0.05, 0) is 57.6 Å². The first-order valence-electron chi connectivity index (χ1n) is 8.46. The number of aromatic nitrogens is 2. The van der Waals surface area contributed by atoms with Gasteiger partial charge in [-0.1, -0.05) is 26.7 Å². The van der Waals surface area contributed by atoms with Gasteiger partial charge in [0.2, 0.25) is 0 Å². The zero-order valence-corrected chi connectivity index (χ0v) is 13.4. The van der Waals surface area contributed by atoms with Gasteiger partial charge in [0.25, 0.3) is 0 Å². The quantitative estimate of drug-likeness (QED) is 0.779. The normalized spacial score (nSPS) is 19.4. The van der Waals surface area contributed by atoms with E-state index in [1.165, 1.54) is 44.2 Å². The lowest BCUT2D eigenvalue weighted by Gasteiger charge is -2.17. The van der Waals surface area contributed by atoms with Gasteiger partial charge in [-0.3, -0.25) is 4.68 Å². The lowest BCUT2D eigenvalue weighted by Crippen LogP contribution is -2.28. The van der Waals surface area contributed by atoms with Crippen LogP contribution in [0.2, 0.25) is 0 Å². The molecule has 1 fully saturated rings. The van der Waals surface area contributed by atoms with Gasteiger partial charge in [0, 0.05) is 12.2 Å². The molecule has 3 heteroatoms. The molecule has 0 amide bonds. The van der Waals surface area contributed by atoms with E-state index in [2.05, 4.69) is 43.0 Å². The first-order valence-corrected chi connectivity index (χ1v) is 8.46. The number of hydrogen-bond donors (Lipinski definition) is 1. The molecule has 114 valence electrons. The Bertz CT molecular complexity index is 379. The maximum atomic E-state index is 4.80. The molecule has 1 saturated carbocycles. The Balaban J connectivity index is 1.77. The molecule has 1 aromatic rings. The van der Waals surface area contributed by atoms with Crippen LogP contribution in [0.3, 0.4) is 0 Å². The second kappa shape index (κ2) is 7.82. The second-order valence-corrected chi connectivity index (χ2v) is 6.63. The molecule has 0 radical (unpaired) electrons. The first kappa shape index (κ1) is 15.6. The van der Waals surface area contributed by atoms with E-state index in [4.69, 9.17) is 5.10 Å². The summed E-state index contributed by atoms with van der Waals surface area (Å²) in [4.78, 5) is 0. The van der Waals surface area contributed by atoms with Crippen LogP contribution in [0.25, 0.3) is 0 Å². The van der Waals surface area contributed by atoms with Crippen molar-refractivity contribution < 1.29 is 0 Å². The molecule has 0 aromatic carbocycles. The summed E-state index contributed by atoms with van der Waals surface area (Å²) in [5.41, 5.74) is 1.27. The monoisotopic (exact) mass is 277 g/mol. The summed E-state index contributed by atoms with van der Waals surface area (Å²) in [5.74, 6) is 0.696. The van der Waals surface area contributed by atoms with Crippen molar-refractivity contribution in [3.8, 4) is 0 Å². The molecule has 0 bridgehead atoms. The summed E-state index contributed by atoms with van der Waals surface area (Å²) < 4.78 is 2.22. The standard InChI is InChI=1S/C17H31N3/c1-4-10-18-15(3)12-14(2)13-16-9-11-20(19-16)17-7-5-6-8-17/h9,11,14-15,17-18H,4-8,10,12-13H2,1-3H3. The Morgan fingerprint density at radius 3 is 2.80 bits per heavy atom. The molecule has 2 atom stereocenters. The summed E-state index contributed by atoms with van der Waals surface area (Å²) in [7, 11) is 0. The van der Waals surface area contributed by atoms with Crippen LogP contribution in [0, 0.1) is 5.92 Å². The largest absolute Gasteiger partial charge is 0.314 e. The van der Waals surface area contributed by atoms with Gasteiger partial charge < -0.3 is 5.32 Å². The molecule has 1 aromatic heterocycles. The number of nitrogens with one attached hydrogen (secondary N) is 1. The number of nitrogens with zero attached hydrogens (tertiary/aromatic N) is 2. The highest BCUT2D eigenvalue weighted by atomic mass is 15.3. The van der Waals surface area contributed by atoms with Gasteiger partial charge in [-0.2, -0.15) is 5.10 Å². The first-order chi connectivity index (χ1) is 9.69. The summed E-state index contributed by atoms with van der Waals surface area (Å²) in [6, 6.07) is 3.50. The predicted octanol–water partition coefficient (Wildman–Crippen LogP) is 3.96. The van der Waals surface area contributed by atoms with Crippen molar-refractivity contribution in [1.82, 2.24) is 15.1 Å². The fraction of sp³-hybridized carbons (Fsp3) is 0.824. The summed E-state index contributed by atoms with van der Waals surface area (Å²) in [6.45, 7) is 7.99. The van der Waals surface area contributed by atoms with Crippen LogP contribution in [-0.4, -0.2) is 22.4 Å². The van der Waals surface area contributed by atoms with Gasteiger partial charge in [-0.25, -0.2) is 0 Å². The highest BCUT2D eigenvalue weighted by molar-refractivity contribution is 5.01. The highest BCUT2D eigenvalue weighted by Gasteiger charge is 2.18. The third kappa shape index (κ3) is 4.62. The fourth-order valence-electron chi connectivity index (χ4n) is 3.38. The lowest BCUT2D eigenvalue weighted by atomic mass is 9.98. The molecule has 1 aliphatic carbocycles. The second-order valence-electron chi connectivity index (χ2n) is 6.63. The van der Waals surface area contributed by atoms with Crippen LogP contribution >= 0.6 is 0 Å². The van der Waals surface area contributed by atoms with Gasteiger partial charge in [0.05, 0.1) is 11.7 Å². The predicted molar refractivity (Wildman–Crippen MR) is 85.0 cm³/mol. The molecule has 2 rings (SSSR count). The highest BCUT2D eigenvalue weighted by Crippen LogP contribution is 2.28. The van der Waals surface area contributed by atoms with Crippen molar-refractivity contribution in [2.75, 3.05) is 6.54 Å². The summed E-state index contributed by atoms with van der Waals surface area (Å²) in [5, 5.41) is 8.37. The van der Waals surface area contributed by atoms with Crippen molar-refractivity contribution in [3.05, 3.63) is 18.0 Å². The van der Waals surface area contributed by atoms with Crippen LogP contribution in [0.4, 0.5) is 0 Å². The Morgan fingerprint density at radius 1 is 1.35 bits per heavy atom. The third-order valence-electron chi connectivity index (χ3n) is 4.42. The summed E-state index contributed by atoms with van der Waals surface area (Å²) >= 11 is 0. The van der Waals surface area contributed by atoms with E-state index in [1.807, 2.05) is 0 Å². The van der Waals surface area contributed by atoms with E-state index in [0.717, 1.165) is 13.0 Å². The van der Waals surface area contributed by atoms with Crippen molar-refractivity contribution in [1.29, 1.82) is 0 Å². The lowest BCUT2D eigenvalue weighted by molar-refractivity contribution is 0.411. The molecule has 0 saturated heterocycles. The molecule has 20 heavy (non-hydrogen) atoms. The zero-order valence-electron chi connectivity index (χ0n) is 13.4. The van der Waals surface area contributed by atoms with E-state index in [1.54, 1.807) is 0 Å². The van der Waals surface area contributed by atoms with Crippen molar-refractivity contribution in [2.24, 2.45) is 5.92 Å². The van der Waals surface area contributed by atoms with Crippen LogP contribution in [0.5, 0.6) is 0 Å². The minimum absolute atomic E-state index is 0.613. The van der Waals surface area contributed by atoms with Crippen molar-refractivity contribution in [2.45, 2.75) is 77.8 Å². The van der Waals surface area contributed by atoms with E-state index in [9.17, 15) is 0 Å². The van der Waals surface area contributed by atoms with Crippen LogP contribution in [-0.2, 0) is 6.42 Å². The van der Waals surface area contributed by atoms with Gasteiger partial charge >= 0.3 is 0 Å². The average molecular weight is 277 g/mol. The van der Waals surface area contributed by atoms with E-state index >= 15 is 0 Å². The minimum atomic E-state index is 0.613. The molecule has 1 heterocycles. The minimum Gasteiger partial charge on any atom is -0.314 e. The molecular weight excluding hydrogens is 246 g/mol. The van der Waals surface area contributed by atoms with Gasteiger partial charge in [0.1, 0.15) is 0 Å². The van der Waals surface area contributed by atoms with E-state index in [0.29, 0.717) is 18.0 Å². The molecule has 2 unspecified atom stereocenters. The van der Waals surface area contributed by atoms with Crippen LogP contribution in [0.1, 0.15) is 71.0 Å². The molecule has 3 nitrogen and oxygen atoms in total. The van der Waals surface area contributed by atoms with Crippen molar-refractivity contribution in [3.63, 3.8) is 0 Å². The van der Waals surface area contributed by atoms with E-state index < -0.39 is 0 Å². The van der Waals surface area contributed by atoms with E-state index in [-0.39, 0.29) is 0 Å². The maximum absolute atomic E-state index is 4.80. The Hall–Kier alpha value is -0.830. The topological polar surface area (TPSA) is 29.9 Å². The molecule has 0 spiro atoms. The maximum Gasteiger partial charge on any atom is 0.0627 e. The van der Waals surface area contributed by atoms with Crippen molar-refractivity contribution >= 4 is 0 Å². The fourth-order valence-corrected chi connectivity index (χ4v) is 3.38. The van der Waals surface area contributed by atoms with Crippen LogP contribution < -0.4 is 5.32 Å². The molecule has 0 aliphatic heterocycles.